The van der Waals surface area contributed by atoms with Crippen LogP contribution >= 0.6 is 0 Å². The quantitative estimate of drug-likeness (QED) is 0.923. The number of anilines is 1. The fourth-order valence-corrected chi connectivity index (χ4v) is 1.71. The topological polar surface area (TPSA) is 62.1 Å². The SMILES string of the molecule is N#CCc1ccc(OCC(=O)Nc2ccc(F)c(F)c2)cc1. The maximum absolute atomic E-state index is 13.0. The lowest BCUT2D eigenvalue weighted by Gasteiger charge is -2.08. The van der Waals surface area contributed by atoms with Crippen LogP contribution in [0.3, 0.4) is 0 Å². The molecule has 0 aromatic heterocycles. The second kappa shape index (κ2) is 7.18. The summed E-state index contributed by atoms with van der Waals surface area (Å²) < 4.78 is 31.0. The van der Waals surface area contributed by atoms with E-state index >= 15 is 0 Å². The summed E-state index contributed by atoms with van der Waals surface area (Å²) in [6.45, 7) is -0.267. The average Bonchev–Trinajstić information content (AvgIpc) is 2.51. The number of nitrogens with zero attached hydrogens (tertiary/aromatic N) is 1. The molecule has 1 N–H and O–H groups in total. The van der Waals surface area contributed by atoms with E-state index in [0.29, 0.717) is 12.2 Å². The summed E-state index contributed by atoms with van der Waals surface area (Å²) in [4.78, 5) is 11.7. The summed E-state index contributed by atoms with van der Waals surface area (Å²) in [5, 5.41) is 11.0. The first-order chi connectivity index (χ1) is 10.6. The van der Waals surface area contributed by atoms with E-state index in [0.717, 1.165) is 17.7 Å². The molecule has 0 bridgehead atoms. The molecular formula is C16H12F2N2O2. The Kier molecular flexibility index (Phi) is 5.04. The van der Waals surface area contributed by atoms with Gasteiger partial charge in [0.2, 0.25) is 0 Å². The van der Waals surface area contributed by atoms with Gasteiger partial charge in [-0.15, -0.1) is 0 Å². The molecule has 1 amide bonds. The maximum atomic E-state index is 13.0. The number of carbonyl (C=O) groups excluding carboxylic acids is 1. The Bertz CT molecular complexity index is 709. The summed E-state index contributed by atoms with van der Waals surface area (Å²) in [7, 11) is 0. The van der Waals surface area contributed by atoms with Gasteiger partial charge < -0.3 is 10.1 Å². The predicted molar refractivity (Wildman–Crippen MR) is 76.2 cm³/mol. The monoisotopic (exact) mass is 302 g/mol. The van der Waals surface area contributed by atoms with Gasteiger partial charge in [-0.05, 0) is 29.8 Å². The third kappa shape index (κ3) is 4.28. The van der Waals surface area contributed by atoms with E-state index < -0.39 is 17.5 Å². The molecule has 6 heteroatoms. The number of nitriles is 1. The standard InChI is InChI=1S/C16H12F2N2O2/c17-14-6-3-12(9-15(14)18)20-16(21)10-22-13-4-1-11(2-5-13)7-8-19/h1-6,9H,7,10H2,(H,20,21). The zero-order valence-electron chi connectivity index (χ0n) is 11.5. The Hall–Kier alpha value is -2.94. The number of amides is 1. The molecule has 0 atom stereocenters. The molecule has 0 aliphatic rings. The van der Waals surface area contributed by atoms with Crippen LogP contribution in [0.1, 0.15) is 5.56 Å². The molecule has 0 heterocycles. The van der Waals surface area contributed by atoms with Crippen LogP contribution in [0.4, 0.5) is 14.5 Å². The summed E-state index contributed by atoms with van der Waals surface area (Å²) in [6, 6.07) is 11.9. The van der Waals surface area contributed by atoms with Gasteiger partial charge in [0, 0.05) is 11.8 Å². The van der Waals surface area contributed by atoms with Gasteiger partial charge in [0.25, 0.3) is 5.91 Å². The van der Waals surface area contributed by atoms with Crippen molar-refractivity contribution in [3.63, 3.8) is 0 Å². The first kappa shape index (κ1) is 15.4. The highest BCUT2D eigenvalue weighted by atomic mass is 19.2. The summed E-state index contributed by atoms with van der Waals surface area (Å²) in [5.41, 5.74) is 0.998. The highest BCUT2D eigenvalue weighted by Gasteiger charge is 2.07. The second-order valence-electron chi connectivity index (χ2n) is 4.44. The number of rotatable bonds is 5. The highest BCUT2D eigenvalue weighted by molar-refractivity contribution is 5.91. The minimum absolute atomic E-state index is 0.150. The van der Waals surface area contributed by atoms with Crippen LogP contribution in [-0.2, 0) is 11.2 Å². The zero-order valence-corrected chi connectivity index (χ0v) is 11.5. The van der Waals surface area contributed by atoms with Gasteiger partial charge in [-0.3, -0.25) is 4.79 Å². The molecule has 2 rings (SSSR count). The van der Waals surface area contributed by atoms with E-state index in [1.54, 1.807) is 24.3 Å². The number of benzene rings is 2. The fraction of sp³-hybridized carbons (Fsp3) is 0.125. The van der Waals surface area contributed by atoms with E-state index in [4.69, 9.17) is 10.00 Å². The molecule has 22 heavy (non-hydrogen) atoms. The van der Waals surface area contributed by atoms with Crippen LogP contribution in [0.15, 0.2) is 42.5 Å². The molecule has 4 nitrogen and oxygen atoms in total. The number of hydrogen-bond acceptors (Lipinski definition) is 3. The minimum atomic E-state index is -1.04. The number of hydrogen-bond donors (Lipinski definition) is 1. The van der Waals surface area contributed by atoms with Gasteiger partial charge in [-0.2, -0.15) is 5.26 Å². The van der Waals surface area contributed by atoms with Gasteiger partial charge in [-0.25, -0.2) is 8.78 Å². The third-order valence-electron chi connectivity index (χ3n) is 2.78. The first-order valence-corrected chi connectivity index (χ1v) is 6.42. The van der Waals surface area contributed by atoms with E-state index in [1.807, 2.05) is 6.07 Å². The van der Waals surface area contributed by atoms with Crippen molar-refractivity contribution in [2.45, 2.75) is 6.42 Å². The summed E-state index contributed by atoms with van der Waals surface area (Å²) >= 11 is 0. The van der Waals surface area contributed by atoms with E-state index in [1.165, 1.54) is 6.07 Å². The predicted octanol–water partition coefficient (Wildman–Crippen LogP) is 3.05. The Morgan fingerprint density at radius 1 is 1.14 bits per heavy atom. The van der Waals surface area contributed by atoms with E-state index in [2.05, 4.69) is 5.32 Å². The van der Waals surface area contributed by atoms with Gasteiger partial charge >= 0.3 is 0 Å². The number of halogens is 2. The molecule has 0 radical (unpaired) electrons. The first-order valence-electron chi connectivity index (χ1n) is 6.42. The van der Waals surface area contributed by atoms with Gasteiger partial charge in [0.05, 0.1) is 12.5 Å². The molecule has 0 aliphatic carbocycles. The second-order valence-corrected chi connectivity index (χ2v) is 4.44. The van der Waals surface area contributed by atoms with Gasteiger partial charge in [-0.1, -0.05) is 12.1 Å². The molecule has 0 aliphatic heterocycles. The van der Waals surface area contributed by atoms with Crippen molar-refractivity contribution in [3.8, 4) is 11.8 Å². The smallest absolute Gasteiger partial charge is 0.262 e. The molecule has 0 fully saturated rings. The van der Waals surface area contributed by atoms with Crippen molar-refractivity contribution < 1.29 is 18.3 Å². The van der Waals surface area contributed by atoms with Crippen LogP contribution in [0.25, 0.3) is 0 Å². The largest absolute Gasteiger partial charge is 0.484 e. The molecular weight excluding hydrogens is 290 g/mol. The van der Waals surface area contributed by atoms with Gasteiger partial charge in [0.15, 0.2) is 18.2 Å². The molecule has 2 aromatic rings. The number of nitrogens with one attached hydrogen (secondary N) is 1. The van der Waals surface area contributed by atoms with Crippen molar-refractivity contribution >= 4 is 11.6 Å². The number of carbonyl (C=O) groups is 1. The van der Waals surface area contributed by atoms with Crippen LogP contribution in [-0.4, -0.2) is 12.5 Å². The third-order valence-corrected chi connectivity index (χ3v) is 2.78. The Morgan fingerprint density at radius 3 is 2.50 bits per heavy atom. The lowest BCUT2D eigenvalue weighted by Crippen LogP contribution is -2.20. The van der Waals surface area contributed by atoms with Crippen LogP contribution in [0.5, 0.6) is 5.75 Å². The Morgan fingerprint density at radius 2 is 1.86 bits per heavy atom. The molecule has 0 spiro atoms. The lowest BCUT2D eigenvalue weighted by atomic mass is 10.2. The van der Waals surface area contributed by atoms with Crippen LogP contribution in [0, 0.1) is 23.0 Å². The zero-order chi connectivity index (χ0) is 15.9. The minimum Gasteiger partial charge on any atom is -0.484 e. The average molecular weight is 302 g/mol. The van der Waals surface area contributed by atoms with E-state index in [-0.39, 0.29) is 12.3 Å². The van der Waals surface area contributed by atoms with Crippen molar-refractivity contribution in [2.75, 3.05) is 11.9 Å². The maximum Gasteiger partial charge on any atom is 0.262 e. The van der Waals surface area contributed by atoms with Crippen molar-refractivity contribution in [1.29, 1.82) is 5.26 Å². The molecule has 0 saturated heterocycles. The van der Waals surface area contributed by atoms with Crippen LogP contribution in [0.2, 0.25) is 0 Å². The van der Waals surface area contributed by atoms with Crippen molar-refractivity contribution in [3.05, 3.63) is 59.7 Å². The van der Waals surface area contributed by atoms with Crippen LogP contribution < -0.4 is 10.1 Å². The Labute approximate surface area is 125 Å². The summed E-state index contributed by atoms with van der Waals surface area (Å²) in [5.74, 6) is -2.03. The normalized spacial score (nSPS) is 9.86. The number of ether oxygens (including phenoxy) is 1. The molecule has 0 saturated carbocycles. The van der Waals surface area contributed by atoms with Crippen molar-refractivity contribution in [2.24, 2.45) is 0 Å². The fourth-order valence-electron chi connectivity index (χ4n) is 1.71. The van der Waals surface area contributed by atoms with Crippen molar-refractivity contribution in [1.82, 2.24) is 0 Å². The molecule has 112 valence electrons. The highest BCUT2D eigenvalue weighted by Crippen LogP contribution is 2.14. The summed E-state index contributed by atoms with van der Waals surface area (Å²) in [6.07, 6.45) is 0.302. The molecule has 2 aromatic carbocycles. The Balaban J connectivity index is 1.87. The molecule has 0 unspecified atom stereocenters. The lowest BCUT2D eigenvalue weighted by molar-refractivity contribution is -0.118. The van der Waals surface area contributed by atoms with Gasteiger partial charge in [0.1, 0.15) is 5.75 Å². The van der Waals surface area contributed by atoms with E-state index in [9.17, 15) is 13.6 Å².